The van der Waals surface area contributed by atoms with E-state index in [0.29, 0.717) is 17.3 Å². The maximum Gasteiger partial charge on any atom is 0.312 e. The third kappa shape index (κ3) is 5.10. The van der Waals surface area contributed by atoms with Gasteiger partial charge in [-0.15, -0.1) is 0 Å². The number of carbonyl (C=O) groups is 3. The summed E-state index contributed by atoms with van der Waals surface area (Å²) in [6, 6.07) is 16.2. The van der Waals surface area contributed by atoms with Crippen LogP contribution in [-0.2, 0) is 25.7 Å². The summed E-state index contributed by atoms with van der Waals surface area (Å²) in [5.74, 6) is -1.64. The van der Waals surface area contributed by atoms with Crippen molar-refractivity contribution in [3.8, 4) is 0 Å². The number of anilines is 1. The standard InChI is InChI=1S/C21H21ClN2O4/c1-14(20(26)23-18-9-7-17(22)8-10-18)28-21(27)16-11-19(25)24(13-16)12-15-5-3-2-4-6-15/h2-10,14,16H,11-13H2,1H3,(H,23,26)/t14-,16+/m1/s1. The number of hydrogen-bond donors (Lipinski definition) is 1. The lowest BCUT2D eigenvalue weighted by atomic mass is 10.1. The molecule has 6 nitrogen and oxygen atoms in total. The lowest BCUT2D eigenvalue weighted by molar-refractivity contribution is -0.157. The molecule has 2 aromatic carbocycles. The second-order valence-corrected chi connectivity index (χ2v) is 7.17. The molecule has 1 heterocycles. The van der Waals surface area contributed by atoms with E-state index in [1.165, 1.54) is 6.92 Å². The van der Waals surface area contributed by atoms with Crippen LogP contribution in [0.1, 0.15) is 18.9 Å². The zero-order chi connectivity index (χ0) is 20.1. The quantitative estimate of drug-likeness (QED) is 0.755. The van der Waals surface area contributed by atoms with E-state index in [1.807, 2.05) is 30.3 Å². The Kier molecular flexibility index (Phi) is 6.31. The van der Waals surface area contributed by atoms with Crippen molar-refractivity contribution in [2.45, 2.75) is 26.0 Å². The van der Waals surface area contributed by atoms with Crippen LogP contribution >= 0.6 is 11.6 Å². The summed E-state index contributed by atoms with van der Waals surface area (Å²) in [4.78, 5) is 38.5. The third-order valence-electron chi connectivity index (χ3n) is 4.54. The zero-order valence-electron chi connectivity index (χ0n) is 15.4. The van der Waals surface area contributed by atoms with Crippen LogP contribution in [0.2, 0.25) is 5.02 Å². The molecule has 3 rings (SSSR count). The average molecular weight is 401 g/mol. The monoisotopic (exact) mass is 400 g/mol. The summed E-state index contributed by atoms with van der Waals surface area (Å²) >= 11 is 5.81. The second-order valence-electron chi connectivity index (χ2n) is 6.74. The maximum atomic E-state index is 12.4. The molecule has 1 saturated heterocycles. The molecule has 0 spiro atoms. The Morgan fingerprint density at radius 3 is 2.54 bits per heavy atom. The molecule has 2 aromatic rings. The summed E-state index contributed by atoms with van der Waals surface area (Å²) in [7, 11) is 0. The third-order valence-corrected chi connectivity index (χ3v) is 4.79. The van der Waals surface area contributed by atoms with Crippen molar-refractivity contribution in [1.82, 2.24) is 4.90 Å². The fourth-order valence-electron chi connectivity index (χ4n) is 2.99. The predicted molar refractivity (Wildman–Crippen MR) is 106 cm³/mol. The number of ether oxygens (including phenoxy) is 1. The second kappa shape index (κ2) is 8.89. The van der Waals surface area contributed by atoms with Crippen LogP contribution in [-0.4, -0.2) is 35.3 Å². The minimum Gasteiger partial charge on any atom is -0.452 e. The minimum atomic E-state index is -0.971. The first kappa shape index (κ1) is 19.9. The molecule has 2 amide bonds. The highest BCUT2D eigenvalue weighted by atomic mass is 35.5. The summed E-state index contributed by atoms with van der Waals surface area (Å²) in [5, 5.41) is 3.22. The van der Waals surface area contributed by atoms with Gasteiger partial charge in [0.15, 0.2) is 6.10 Å². The van der Waals surface area contributed by atoms with Gasteiger partial charge in [-0.25, -0.2) is 0 Å². The predicted octanol–water partition coefficient (Wildman–Crippen LogP) is 3.26. The van der Waals surface area contributed by atoms with E-state index in [-0.39, 0.29) is 18.9 Å². The highest BCUT2D eigenvalue weighted by molar-refractivity contribution is 6.30. The maximum absolute atomic E-state index is 12.4. The normalized spacial score (nSPS) is 17.3. The van der Waals surface area contributed by atoms with Gasteiger partial charge in [0, 0.05) is 30.2 Å². The van der Waals surface area contributed by atoms with E-state index in [1.54, 1.807) is 29.2 Å². The number of hydrogen-bond acceptors (Lipinski definition) is 4. The van der Waals surface area contributed by atoms with Crippen molar-refractivity contribution in [2.24, 2.45) is 5.92 Å². The largest absolute Gasteiger partial charge is 0.452 e. The molecule has 0 radical (unpaired) electrons. The molecule has 0 bridgehead atoms. The number of benzene rings is 2. The SMILES string of the molecule is C[C@@H](OC(=O)[C@H]1CC(=O)N(Cc2ccccc2)C1)C(=O)Nc1ccc(Cl)cc1. The van der Waals surface area contributed by atoms with Crippen LogP contribution in [0.4, 0.5) is 5.69 Å². The molecule has 1 aliphatic rings. The molecular formula is C21H21ClN2O4. The Labute approximate surface area is 168 Å². The van der Waals surface area contributed by atoms with Crippen LogP contribution < -0.4 is 5.32 Å². The fraction of sp³-hybridized carbons (Fsp3) is 0.286. The first-order valence-electron chi connectivity index (χ1n) is 9.01. The highest BCUT2D eigenvalue weighted by Crippen LogP contribution is 2.22. The lowest BCUT2D eigenvalue weighted by Crippen LogP contribution is -2.33. The van der Waals surface area contributed by atoms with E-state index in [4.69, 9.17) is 16.3 Å². The molecule has 0 aliphatic carbocycles. The summed E-state index contributed by atoms with van der Waals surface area (Å²) in [5.41, 5.74) is 1.56. The van der Waals surface area contributed by atoms with Gasteiger partial charge < -0.3 is 15.0 Å². The number of nitrogens with zero attached hydrogens (tertiary/aromatic N) is 1. The fourth-order valence-corrected chi connectivity index (χ4v) is 3.11. The van der Waals surface area contributed by atoms with Gasteiger partial charge in [-0.3, -0.25) is 14.4 Å². The van der Waals surface area contributed by atoms with E-state index >= 15 is 0 Å². The van der Waals surface area contributed by atoms with Gasteiger partial charge >= 0.3 is 5.97 Å². The molecule has 2 atom stereocenters. The van der Waals surface area contributed by atoms with Crippen molar-refractivity contribution < 1.29 is 19.1 Å². The Balaban J connectivity index is 1.51. The molecule has 146 valence electrons. The molecular weight excluding hydrogens is 380 g/mol. The minimum absolute atomic E-state index is 0.0935. The van der Waals surface area contributed by atoms with Crippen molar-refractivity contribution in [1.29, 1.82) is 0 Å². The summed E-state index contributed by atoms with van der Waals surface area (Å²) in [6.07, 6.45) is -0.876. The smallest absolute Gasteiger partial charge is 0.312 e. The van der Waals surface area contributed by atoms with Crippen molar-refractivity contribution in [2.75, 3.05) is 11.9 Å². The average Bonchev–Trinajstić information content (AvgIpc) is 3.05. The molecule has 7 heteroatoms. The summed E-state index contributed by atoms with van der Waals surface area (Å²) in [6.45, 7) is 2.25. The van der Waals surface area contributed by atoms with Crippen LogP contribution in [0.15, 0.2) is 54.6 Å². The molecule has 0 aromatic heterocycles. The number of carbonyl (C=O) groups excluding carboxylic acids is 3. The summed E-state index contributed by atoms with van der Waals surface area (Å²) < 4.78 is 5.28. The highest BCUT2D eigenvalue weighted by Gasteiger charge is 2.36. The van der Waals surface area contributed by atoms with Gasteiger partial charge in [-0.2, -0.15) is 0 Å². The Morgan fingerprint density at radius 2 is 1.86 bits per heavy atom. The van der Waals surface area contributed by atoms with Gasteiger partial charge in [0.05, 0.1) is 5.92 Å². The van der Waals surface area contributed by atoms with Gasteiger partial charge in [-0.1, -0.05) is 41.9 Å². The van der Waals surface area contributed by atoms with Crippen molar-refractivity contribution in [3.63, 3.8) is 0 Å². The van der Waals surface area contributed by atoms with Crippen LogP contribution in [0.5, 0.6) is 0 Å². The van der Waals surface area contributed by atoms with E-state index in [0.717, 1.165) is 5.56 Å². The Morgan fingerprint density at radius 1 is 1.18 bits per heavy atom. The van der Waals surface area contributed by atoms with Crippen LogP contribution in [0, 0.1) is 5.92 Å². The van der Waals surface area contributed by atoms with E-state index in [9.17, 15) is 14.4 Å². The first-order chi connectivity index (χ1) is 13.4. The number of amides is 2. The van der Waals surface area contributed by atoms with Crippen LogP contribution in [0.25, 0.3) is 0 Å². The Bertz CT molecular complexity index is 854. The molecule has 0 saturated carbocycles. The van der Waals surface area contributed by atoms with E-state index in [2.05, 4.69) is 5.32 Å². The number of halogens is 1. The lowest BCUT2D eigenvalue weighted by Gasteiger charge is -2.18. The first-order valence-corrected chi connectivity index (χ1v) is 9.39. The molecule has 1 N–H and O–H groups in total. The number of esters is 1. The van der Waals surface area contributed by atoms with Crippen molar-refractivity contribution >= 4 is 35.1 Å². The number of nitrogens with one attached hydrogen (secondary N) is 1. The molecule has 1 fully saturated rings. The topological polar surface area (TPSA) is 75.7 Å². The van der Waals surface area contributed by atoms with Gasteiger partial charge in [0.2, 0.25) is 5.91 Å². The van der Waals surface area contributed by atoms with Crippen molar-refractivity contribution in [3.05, 3.63) is 65.2 Å². The van der Waals surface area contributed by atoms with Gasteiger partial charge in [0.1, 0.15) is 0 Å². The van der Waals surface area contributed by atoms with Crippen LogP contribution in [0.3, 0.4) is 0 Å². The molecule has 28 heavy (non-hydrogen) atoms. The van der Waals surface area contributed by atoms with Gasteiger partial charge in [0.25, 0.3) is 5.91 Å². The Hall–Kier alpha value is -2.86. The number of rotatable bonds is 6. The van der Waals surface area contributed by atoms with E-state index < -0.39 is 23.9 Å². The van der Waals surface area contributed by atoms with Gasteiger partial charge in [-0.05, 0) is 36.8 Å². The number of likely N-dealkylation sites (tertiary alicyclic amines) is 1. The molecule has 0 unspecified atom stereocenters. The molecule has 1 aliphatic heterocycles. The zero-order valence-corrected chi connectivity index (χ0v) is 16.2.